The smallest absolute Gasteiger partial charge is 0.0716 e. The van der Waals surface area contributed by atoms with Gasteiger partial charge in [-0.1, -0.05) is 140 Å². The maximum Gasteiger partial charge on any atom is 0.0716 e. The lowest BCUT2D eigenvalue weighted by molar-refractivity contribution is 0.888. The van der Waals surface area contributed by atoms with Gasteiger partial charge in [-0.05, 0) is 95.8 Å². The zero-order valence-corrected chi connectivity index (χ0v) is 30.8. The van der Waals surface area contributed by atoms with Gasteiger partial charge >= 0.3 is 0 Å². The summed E-state index contributed by atoms with van der Waals surface area (Å²) in [5, 5.41) is 3.83. The molecule has 0 atom stereocenters. The first kappa shape index (κ1) is 32.2. The second-order valence-corrected chi connectivity index (χ2v) is 14.7. The van der Waals surface area contributed by atoms with E-state index in [1.165, 1.54) is 55.1 Å². The largest absolute Gasteiger partial charge is 0.313 e. The molecule has 10 aromatic rings. The molecule has 11 rings (SSSR count). The van der Waals surface area contributed by atoms with Gasteiger partial charge in [-0.25, -0.2) is 4.98 Å². The molecule has 0 fully saturated rings. The van der Waals surface area contributed by atoms with E-state index in [0.29, 0.717) is 0 Å². The van der Waals surface area contributed by atoms with Gasteiger partial charge < -0.3 is 9.13 Å². The Morgan fingerprint density at radius 2 is 0.875 bits per heavy atom. The van der Waals surface area contributed by atoms with Crippen molar-refractivity contribution in [2.24, 2.45) is 0 Å². The number of hydrogen-bond donors (Lipinski definition) is 0. The van der Waals surface area contributed by atoms with E-state index in [4.69, 9.17) is 4.98 Å². The number of benzene rings is 7. The van der Waals surface area contributed by atoms with Crippen LogP contribution in [0.25, 0.3) is 94.9 Å². The fourth-order valence-electron chi connectivity index (χ4n) is 8.78. The van der Waals surface area contributed by atoms with Gasteiger partial charge in [-0.15, -0.1) is 0 Å². The number of allylic oxidation sites excluding steroid dienone is 1. The minimum Gasteiger partial charge on any atom is -0.313 e. The second kappa shape index (κ2) is 13.3. The highest BCUT2D eigenvalue weighted by Crippen LogP contribution is 2.38. The highest BCUT2D eigenvalue weighted by molar-refractivity contribution is 6.09. The molecule has 0 amide bonds. The summed E-state index contributed by atoms with van der Waals surface area (Å²) >= 11 is 0. The average molecular weight is 716 g/mol. The third-order valence-corrected chi connectivity index (χ3v) is 11.4. The average Bonchev–Trinajstić information content (AvgIpc) is 3.80. The summed E-state index contributed by atoms with van der Waals surface area (Å²) in [6.07, 6.45) is 6.67. The van der Waals surface area contributed by atoms with E-state index in [9.17, 15) is 0 Å². The molecule has 3 heterocycles. The molecule has 7 aromatic carbocycles. The lowest BCUT2D eigenvalue weighted by atomic mass is 9.96. The Morgan fingerprint density at radius 3 is 1.59 bits per heavy atom. The molecule has 0 radical (unpaired) electrons. The van der Waals surface area contributed by atoms with Crippen molar-refractivity contribution in [3.05, 3.63) is 205 Å². The molecule has 0 bridgehead atoms. The van der Waals surface area contributed by atoms with Crippen molar-refractivity contribution in [2.45, 2.75) is 12.8 Å². The van der Waals surface area contributed by atoms with Crippen molar-refractivity contribution >= 4 is 38.8 Å². The maximum atomic E-state index is 5.32. The fraction of sp³-hybridized carbons (Fsp3) is 0.0377. The van der Waals surface area contributed by atoms with Crippen LogP contribution in [0.15, 0.2) is 194 Å². The van der Waals surface area contributed by atoms with E-state index in [-0.39, 0.29) is 0 Å². The molecule has 1 aliphatic carbocycles. The molecule has 1 aliphatic rings. The van der Waals surface area contributed by atoms with Crippen LogP contribution in [0.5, 0.6) is 0 Å². The Hall–Kier alpha value is -7.23. The monoisotopic (exact) mass is 715 g/mol. The van der Waals surface area contributed by atoms with Gasteiger partial charge in [0.05, 0.1) is 27.9 Å². The molecule has 0 aliphatic heterocycles. The van der Waals surface area contributed by atoms with Crippen molar-refractivity contribution in [3.63, 3.8) is 0 Å². The van der Waals surface area contributed by atoms with Gasteiger partial charge in [0, 0.05) is 49.9 Å². The van der Waals surface area contributed by atoms with Crippen LogP contribution >= 0.6 is 0 Å². The van der Waals surface area contributed by atoms with Gasteiger partial charge in [0.1, 0.15) is 0 Å². The van der Waals surface area contributed by atoms with E-state index in [2.05, 4.69) is 209 Å². The standard InChI is InChI=1S/C53H37N3/c1-2-15-36(16-3-1)48-34-41(35-49(54-48)40-20-14-22-43(33-40)56-52-29-10-6-25-46(52)47-26-7-11-30-53(47)56)38-18-12-17-37(31-38)39-19-13-21-42(32-39)55-50-27-8-4-23-44(50)45-24-5-9-28-51(45)55/h1-10,12-29,31-35H,11,30H2. The maximum absolute atomic E-state index is 5.32. The van der Waals surface area contributed by atoms with Gasteiger partial charge in [-0.3, -0.25) is 0 Å². The first-order valence-electron chi connectivity index (χ1n) is 19.4. The lowest BCUT2D eigenvalue weighted by Gasteiger charge is -2.15. The Morgan fingerprint density at radius 1 is 0.375 bits per heavy atom. The van der Waals surface area contributed by atoms with E-state index in [1.807, 2.05) is 0 Å². The predicted molar refractivity (Wildman–Crippen MR) is 235 cm³/mol. The zero-order chi connectivity index (χ0) is 37.0. The summed E-state index contributed by atoms with van der Waals surface area (Å²) in [5.74, 6) is 0. The van der Waals surface area contributed by atoms with Crippen LogP contribution in [0.2, 0.25) is 0 Å². The number of aromatic nitrogens is 3. The summed E-state index contributed by atoms with van der Waals surface area (Å²) in [4.78, 5) is 5.32. The minimum absolute atomic E-state index is 0.951. The minimum atomic E-state index is 0.951. The molecule has 3 nitrogen and oxygen atoms in total. The highest BCUT2D eigenvalue weighted by atomic mass is 15.0. The summed E-state index contributed by atoms with van der Waals surface area (Å²) in [6, 6.07) is 67.9. The van der Waals surface area contributed by atoms with Crippen molar-refractivity contribution in [3.8, 4) is 56.1 Å². The number of pyridine rings is 1. The van der Waals surface area contributed by atoms with Crippen molar-refractivity contribution < 1.29 is 0 Å². The molecule has 0 saturated heterocycles. The van der Waals surface area contributed by atoms with Gasteiger partial charge in [0.25, 0.3) is 0 Å². The number of rotatable bonds is 6. The van der Waals surface area contributed by atoms with E-state index >= 15 is 0 Å². The second-order valence-electron chi connectivity index (χ2n) is 14.7. The van der Waals surface area contributed by atoms with Crippen molar-refractivity contribution in [2.75, 3.05) is 0 Å². The van der Waals surface area contributed by atoms with Crippen LogP contribution in [-0.2, 0) is 6.42 Å². The number of para-hydroxylation sites is 3. The van der Waals surface area contributed by atoms with E-state index in [1.54, 1.807) is 0 Å². The van der Waals surface area contributed by atoms with E-state index in [0.717, 1.165) is 57.9 Å². The molecule has 3 heteroatoms. The molecule has 0 N–H and O–H groups in total. The zero-order valence-electron chi connectivity index (χ0n) is 30.8. The Labute approximate surface area is 326 Å². The van der Waals surface area contributed by atoms with Gasteiger partial charge in [-0.2, -0.15) is 0 Å². The van der Waals surface area contributed by atoms with Crippen LogP contribution in [0, 0.1) is 0 Å². The number of hydrogen-bond acceptors (Lipinski definition) is 1. The fourth-order valence-corrected chi connectivity index (χ4v) is 8.78. The third-order valence-electron chi connectivity index (χ3n) is 11.4. The first-order valence-corrected chi connectivity index (χ1v) is 19.4. The molecule has 56 heavy (non-hydrogen) atoms. The molecule has 0 spiro atoms. The topological polar surface area (TPSA) is 22.8 Å². The number of nitrogens with zero attached hydrogens (tertiary/aromatic N) is 3. The Balaban J connectivity index is 1.03. The summed E-state index contributed by atoms with van der Waals surface area (Å²) in [7, 11) is 0. The highest BCUT2D eigenvalue weighted by Gasteiger charge is 2.19. The molecule has 264 valence electrons. The summed E-state index contributed by atoms with van der Waals surface area (Å²) < 4.78 is 4.84. The first-order chi connectivity index (χ1) is 27.8. The van der Waals surface area contributed by atoms with Crippen LogP contribution in [0.3, 0.4) is 0 Å². The summed E-state index contributed by atoms with van der Waals surface area (Å²) in [5.41, 5.74) is 17.4. The van der Waals surface area contributed by atoms with Crippen molar-refractivity contribution in [1.29, 1.82) is 0 Å². The summed E-state index contributed by atoms with van der Waals surface area (Å²) in [6.45, 7) is 0. The quantitative estimate of drug-likeness (QED) is 0.168. The van der Waals surface area contributed by atoms with Gasteiger partial charge in [0.15, 0.2) is 0 Å². The van der Waals surface area contributed by atoms with Crippen molar-refractivity contribution in [1.82, 2.24) is 14.1 Å². The van der Waals surface area contributed by atoms with Crippen LogP contribution in [0.4, 0.5) is 0 Å². The normalized spacial score (nSPS) is 12.4. The van der Waals surface area contributed by atoms with E-state index < -0.39 is 0 Å². The Kier molecular flexibility index (Phi) is 7.63. The molecule has 0 unspecified atom stereocenters. The molecular formula is C53H37N3. The lowest BCUT2D eigenvalue weighted by Crippen LogP contribution is -2.03. The third kappa shape index (κ3) is 5.39. The van der Waals surface area contributed by atoms with Crippen LogP contribution in [0.1, 0.15) is 17.7 Å². The van der Waals surface area contributed by atoms with Gasteiger partial charge in [0.2, 0.25) is 0 Å². The van der Waals surface area contributed by atoms with Crippen LogP contribution in [-0.4, -0.2) is 14.1 Å². The molecule has 0 saturated carbocycles. The predicted octanol–water partition coefficient (Wildman–Crippen LogP) is 13.7. The Bertz CT molecular complexity index is 3090. The van der Waals surface area contributed by atoms with Crippen LogP contribution < -0.4 is 0 Å². The molecule has 3 aromatic heterocycles. The number of fused-ring (bicyclic) bond motifs is 6. The SMILES string of the molecule is C1=Cc2c(n(-c3cccc(-c4cc(-c5cccc(-c6cccc(-n7c8ccccc8c8ccccc87)c6)c5)cc(-c5ccccc5)n4)c3)c3ccccc23)CC1. The molecular weight excluding hydrogens is 679 g/mol.